The minimum absolute atomic E-state index is 0.398. The Morgan fingerprint density at radius 3 is 2.53 bits per heavy atom. The van der Waals surface area contributed by atoms with Crippen LogP contribution in [0.3, 0.4) is 0 Å². The SMILES string of the molecule is CCC(C)OCCNCCN1CCN(C)CC1. The molecule has 4 nitrogen and oxygen atoms in total. The molecular formula is C13H29N3O. The van der Waals surface area contributed by atoms with Gasteiger partial charge in [0, 0.05) is 45.8 Å². The molecule has 0 bridgehead atoms. The molecule has 1 rings (SSSR count). The Hall–Kier alpha value is -0.160. The van der Waals surface area contributed by atoms with Crippen LogP contribution in [0.4, 0.5) is 0 Å². The highest BCUT2D eigenvalue weighted by Gasteiger charge is 2.12. The number of ether oxygens (including phenoxy) is 1. The van der Waals surface area contributed by atoms with Crippen molar-refractivity contribution in [1.82, 2.24) is 15.1 Å². The van der Waals surface area contributed by atoms with E-state index in [0.29, 0.717) is 6.10 Å². The van der Waals surface area contributed by atoms with Crippen molar-refractivity contribution in [2.75, 3.05) is 59.5 Å². The van der Waals surface area contributed by atoms with Gasteiger partial charge in [-0.15, -0.1) is 0 Å². The minimum atomic E-state index is 0.398. The van der Waals surface area contributed by atoms with E-state index in [4.69, 9.17) is 4.74 Å². The van der Waals surface area contributed by atoms with Crippen molar-refractivity contribution in [1.29, 1.82) is 0 Å². The van der Waals surface area contributed by atoms with Crippen LogP contribution in [0, 0.1) is 0 Å². The monoisotopic (exact) mass is 243 g/mol. The highest BCUT2D eigenvalue weighted by molar-refractivity contribution is 4.69. The molecule has 1 atom stereocenters. The molecule has 0 saturated carbocycles. The Labute approximate surface area is 106 Å². The van der Waals surface area contributed by atoms with Gasteiger partial charge in [0.25, 0.3) is 0 Å². The molecule has 1 aliphatic rings. The average molecular weight is 243 g/mol. The van der Waals surface area contributed by atoms with Crippen LogP contribution >= 0.6 is 0 Å². The first-order valence-electron chi connectivity index (χ1n) is 6.95. The lowest BCUT2D eigenvalue weighted by Gasteiger charge is -2.32. The molecule has 1 N–H and O–H groups in total. The average Bonchev–Trinajstić information content (AvgIpc) is 2.35. The predicted molar refractivity (Wildman–Crippen MR) is 72.5 cm³/mol. The second-order valence-electron chi connectivity index (χ2n) is 4.98. The molecule has 0 aliphatic carbocycles. The first kappa shape index (κ1) is 14.9. The molecule has 1 heterocycles. The third kappa shape index (κ3) is 6.99. The number of likely N-dealkylation sites (N-methyl/N-ethyl adjacent to an activating group) is 1. The molecule has 0 spiro atoms. The number of hydrogen-bond acceptors (Lipinski definition) is 4. The Bertz CT molecular complexity index is 182. The van der Waals surface area contributed by atoms with Gasteiger partial charge in [0.15, 0.2) is 0 Å². The number of hydrogen-bond donors (Lipinski definition) is 1. The summed E-state index contributed by atoms with van der Waals surface area (Å²) >= 11 is 0. The van der Waals surface area contributed by atoms with Crippen LogP contribution in [0.1, 0.15) is 20.3 Å². The zero-order chi connectivity index (χ0) is 12.5. The molecule has 4 heteroatoms. The van der Waals surface area contributed by atoms with Crippen LogP contribution in [0.2, 0.25) is 0 Å². The van der Waals surface area contributed by atoms with Crippen molar-refractivity contribution in [3.8, 4) is 0 Å². The molecule has 0 aromatic rings. The van der Waals surface area contributed by atoms with E-state index in [0.717, 1.165) is 32.7 Å². The first-order chi connectivity index (χ1) is 8.22. The molecule has 0 aromatic carbocycles. The van der Waals surface area contributed by atoms with Gasteiger partial charge in [0.2, 0.25) is 0 Å². The maximum absolute atomic E-state index is 5.61. The summed E-state index contributed by atoms with van der Waals surface area (Å²) in [6.45, 7) is 13.2. The molecule has 1 unspecified atom stereocenters. The van der Waals surface area contributed by atoms with Gasteiger partial charge in [-0.3, -0.25) is 4.90 Å². The summed E-state index contributed by atoms with van der Waals surface area (Å²) in [4.78, 5) is 4.92. The zero-order valence-electron chi connectivity index (χ0n) is 11.7. The van der Waals surface area contributed by atoms with Crippen molar-refractivity contribution >= 4 is 0 Å². The molecule has 0 amide bonds. The van der Waals surface area contributed by atoms with E-state index >= 15 is 0 Å². The van der Waals surface area contributed by atoms with Crippen LogP contribution in [0.25, 0.3) is 0 Å². The quantitative estimate of drug-likeness (QED) is 0.633. The summed E-state index contributed by atoms with van der Waals surface area (Å²) in [6, 6.07) is 0. The van der Waals surface area contributed by atoms with E-state index in [1.165, 1.54) is 26.2 Å². The van der Waals surface area contributed by atoms with E-state index in [1.54, 1.807) is 0 Å². The van der Waals surface area contributed by atoms with Gasteiger partial charge < -0.3 is 15.0 Å². The maximum Gasteiger partial charge on any atom is 0.0594 e. The van der Waals surface area contributed by atoms with E-state index in [-0.39, 0.29) is 0 Å². The lowest BCUT2D eigenvalue weighted by atomic mass is 10.3. The summed E-state index contributed by atoms with van der Waals surface area (Å²) < 4.78 is 5.61. The summed E-state index contributed by atoms with van der Waals surface area (Å²) in [5.74, 6) is 0. The van der Waals surface area contributed by atoms with Gasteiger partial charge in [-0.05, 0) is 20.4 Å². The summed E-state index contributed by atoms with van der Waals surface area (Å²) in [5.41, 5.74) is 0. The van der Waals surface area contributed by atoms with Crippen molar-refractivity contribution in [2.45, 2.75) is 26.4 Å². The van der Waals surface area contributed by atoms with Gasteiger partial charge >= 0.3 is 0 Å². The second kappa shape index (κ2) is 8.86. The highest BCUT2D eigenvalue weighted by atomic mass is 16.5. The largest absolute Gasteiger partial charge is 0.377 e. The van der Waals surface area contributed by atoms with Crippen molar-refractivity contribution < 1.29 is 4.74 Å². The lowest BCUT2D eigenvalue weighted by molar-refractivity contribution is 0.0650. The van der Waals surface area contributed by atoms with Gasteiger partial charge in [0.05, 0.1) is 12.7 Å². The Morgan fingerprint density at radius 1 is 1.18 bits per heavy atom. The Morgan fingerprint density at radius 2 is 1.88 bits per heavy atom. The topological polar surface area (TPSA) is 27.7 Å². The lowest BCUT2D eigenvalue weighted by Crippen LogP contribution is -2.46. The second-order valence-corrected chi connectivity index (χ2v) is 4.98. The van der Waals surface area contributed by atoms with Crippen LogP contribution in [-0.4, -0.2) is 75.4 Å². The number of nitrogens with one attached hydrogen (secondary N) is 1. The van der Waals surface area contributed by atoms with Gasteiger partial charge in [0.1, 0.15) is 0 Å². The van der Waals surface area contributed by atoms with Crippen molar-refractivity contribution in [2.24, 2.45) is 0 Å². The molecule has 0 radical (unpaired) electrons. The fourth-order valence-corrected chi connectivity index (χ4v) is 1.88. The number of piperazine rings is 1. The molecular weight excluding hydrogens is 214 g/mol. The van der Waals surface area contributed by atoms with Crippen molar-refractivity contribution in [3.05, 3.63) is 0 Å². The van der Waals surface area contributed by atoms with Crippen LogP contribution in [0.15, 0.2) is 0 Å². The smallest absolute Gasteiger partial charge is 0.0594 e. The Balaban J connectivity index is 1.87. The fourth-order valence-electron chi connectivity index (χ4n) is 1.88. The predicted octanol–water partition coefficient (Wildman–Crippen LogP) is 0.639. The number of nitrogens with zero attached hydrogens (tertiary/aromatic N) is 2. The summed E-state index contributed by atoms with van der Waals surface area (Å²) in [5, 5.41) is 3.44. The normalized spacial score (nSPS) is 20.6. The molecule has 17 heavy (non-hydrogen) atoms. The standard InChI is InChI=1S/C13H29N3O/c1-4-13(2)17-12-6-14-5-7-16-10-8-15(3)9-11-16/h13-14H,4-12H2,1-3H3. The molecule has 102 valence electrons. The third-order valence-electron chi connectivity index (χ3n) is 3.46. The molecule has 1 aliphatic heterocycles. The van der Waals surface area contributed by atoms with Crippen LogP contribution in [-0.2, 0) is 4.74 Å². The molecule has 1 saturated heterocycles. The van der Waals surface area contributed by atoms with E-state index in [9.17, 15) is 0 Å². The van der Waals surface area contributed by atoms with Gasteiger partial charge in [-0.25, -0.2) is 0 Å². The van der Waals surface area contributed by atoms with Crippen LogP contribution < -0.4 is 5.32 Å². The van der Waals surface area contributed by atoms with E-state index in [1.807, 2.05) is 0 Å². The minimum Gasteiger partial charge on any atom is -0.377 e. The summed E-state index contributed by atoms with van der Waals surface area (Å²) in [7, 11) is 2.20. The van der Waals surface area contributed by atoms with Gasteiger partial charge in [-0.1, -0.05) is 6.92 Å². The zero-order valence-corrected chi connectivity index (χ0v) is 11.7. The fraction of sp³-hybridized carbons (Fsp3) is 1.00. The molecule has 0 aromatic heterocycles. The first-order valence-corrected chi connectivity index (χ1v) is 6.95. The number of rotatable bonds is 8. The van der Waals surface area contributed by atoms with E-state index in [2.05, 4.69) is 36.0 Å². The third-order valence-corrected chi connectivity index (χ3v) is 3.46. The Kier molecular flexibility index (Phi) is 7.77. The van der Waals surface area contributed by atoms with E-state index < -0.39 is 0 Å². The maximum atomic E-state index is 5.61. The summed E-state index contributed by atoms with van der Waals surface area (Å²) in [6.07, 6.45) is 1.50. The highest BCUT2D eigenvalue weighted by Crippen LogP contribution is 1.97. The van der Waals surface area contributed by atoms with Crippen molar-refractivity contribution in [3.63, 3.8) is 0 Å². The van der Waals surface area contributed by atoms with Crippen LogP contribution in [0.5, 0.6) is 0 Å². The van der Waals surface area contributed by atoms with Gasteiger partial charge in [-0.2, -0.15) is 0 Å². The molecule has 1 fully saturated rings.